The van der Waals surface area contributed by atoms with Gasteiger partial charge in [0.2, 0.25) is 5.91 Å². The monoisotopic (exact) mass is 653 g/mol. The molecule has 4 heterocycles. The van der Waals surface area contributed by atoms with Crippen LogP contribution >= 0.6 is 10.9 Å². The number of rotatable bonds is 11. The smallest absolute Gasteiger partial charge is 0.329 e. The van der Waals surface area contributed by atoms with Crippen molar-refractivity contribution in [2.24, 2.45) is 18.7 Å². The van der Waals surface area contributed by atoms with E-state index in [4.69, 9.17) is 10.5 Å². The topological polar surface area (TPSA) is 118 Å². The summed E-state index contributed by atoms with van der Waals surface area (Å²) >= 11 is 0. The number of benzene rings is 1. The van der Waals surface area contributed by atoms with Crippen molar-refractivity contribution in [3.63, 3.8) is 0 Å². The number of hydrogen-bond acceptors (Lipinski definition) is 8. The lowest BCUT2D eigenvalue weighted by molar-refractivity contribution is -0.121. The van der Waals surface area contributed by atoms with Gasteiger partial charge in [0, 0.05) is 72.4 Å². The third-order valence-electron chi connectivity index (χ3n) is 9.87. The summed E-state index contributed by atoms with van der Waals surface area (Å²) in [5.74, 6) is 11.4. The van der Waals surface area contributed by atoms with E-state index in [2.05, 4.69) is 36.5 Å². The number of piperidine rings is 3. The average Bonchev–Trinajstić information content (AvgIpc) is 3.34. The average molecular weight is 654 g/mol. The number of fused-ring (bicyclic) bond motifs is 1. The Morgan fingerprint density at radius 2 is 1.78 bits per heavy atom. The molecular weight excluding hydrogens is 602 g/mol. The Morgan fingerprint density at radius 3 is 2.43 bits per heavy atom. The van der Waals surface area contributed by atoms with Gasteiger partial charge >= 0.3 is 5.69 Å². The molecule has 3 aliphatic rings. The molecule has 1 aromatic carbocycles. The fourth-order valence-corrected chi connectivity index (χ4v) is 8.58. The number of hydrogen-bond donors (Lipinski definition) is 2. The molecule has 0 spiro atoms. The first-order valence-corrected chi connectivity index (χ1v) is 18.1. The highest BCUT2D eigenvalue weighted by Gasteiger charge is 2.28. The predicted molar refractivity (Wildman–Crippen MR) is 186 cm³/mol. The zero-order valence-electron chi connectivity index (χ0n) is 27.5. The molecule has 0 bridgehead atoms. The van der Waals surface area contributed by atoms with Gasteiger partial charge in [-0.15, -0.1) is 0 Å². The number of imidazole rings is 1. The van der Waals surface area contributed by atoms with E-state index in [9.17, 15) is 14.4 Å². The molecule has 3 saturated heterocycles. The van der Waals surface area contributed by atoms with E-state index in [1.54, 1.807) is 14.1 Å². The maximum absolute atomic E-state index is 13.1. The molecule has 11 nitrogen and oxygen atoms in total. The Balaban J connectivity index is 1.07. The molecular formula is C34H51N7O4S. The number of para-hydroxylation sites is 1. The number of carbonyl (C=O) groups is 2. The number of aromatic nitrogens is 2. The molecule has 46 heavy (non-hydrogen) atoms. The third kappa shape index (κ3) is 8.37. The van der Waals surface area contributed by atoms with Gasteiger partial charge in [-0.3, -0.25) is 13.9 Å². The fourth-order valence-electron chi connectivity index (χ4n) is 6.99. The van der Waals surface area contributed by atoms with E-state index < -0.39 is 6.04 Å². The lowest BCUT2D eigenvalue weighted by Gasteiger charge is -2.41. The molecule has 3 fully saturated rings. The van der Waals surface area contributed by atoms with Crippen LogP contribution in [0.4, 0.5) is 0 Å². The number of amides is 1. The number of nitrogens with zero attached hydrogens (tertiary/aromatic N) is 5. The van der Waals surface area contributed by atoms with E-state index >= 15 is 0 Å². The summed E-state index contributed by atoms with van der Waals surface area (Å²) in [5.41, 5.74) is 7.81. The maximum atomic E-state index is 13.1. The largest absolute Gasteiger partial charge is 0.365 e. The van der Waals surface area contributed by atoms with Crippen LogP contribution in [0.15, 0.2) is 23.0 Å². The van der Waals surface area contributed by atoms with Crippen LogP contribution in [0.5, 0.6) is 0 Å². The van der Waals surface area contributed by atoms with E-state index in [-0.39, 0.29) is 41.4 Å². The summed E-state index contributed by atoms with van der Waals surface area (Å²) in [5, 5.41) is 2.56. The minimum Gasteiger partial charge on any atom is -0.365 e. The normalized spacial score (nSPS) is 21.1. The number of aryl methyl sites for hydroxylation is 1. The van der Waals surface area contributed by atoms with Crippen molar-refractivity contribution < 1.29 is 14.3 Å². The van der Waals surface area contributed by atoms with Gasteiger partial charge in [0.25, 0.3) is 0 Å². The molecule has 2 atom stereocenters. The molecule has 1 aromatic heterocycles. The van der Waals surface area contributed by atoms with Crippen LogP contribution in [0.1, 0.15) is 63.0 Å². The number of nitrogens with one attached hydrogen (secondary N) is 1. The first-order valence-electron chi connectivity index (χ1n) is 16.8. The van der Waals surface area contributed by atoms with Crippen LogP contribution in [-0.2, 0) is 21.4 Å². The molecule has 0 saturated carbocycles. The Morgan fingerprint density at radius 1 is 1.11 bits per heavy atom. The summed E-state index contributed by atoms with van der Waals surface area (Å²) in [6.07, 6.45) is 8.01. The molecule has 3 aliphatic heterocycles. The lowest BCUT2D eigenvalue weighted by atomic mass is 9.96. The van der Waals surface area contributed by atoms with Gasteiger partial charge in [0.05, 0.1) is 28.7 Å². The molecule has 1 amide bonds. The Bertz CT molecular complexity index is 1490. The van der Waals surface area contributed by atoms with E-state index in [0.29, 0.717) is 29.2 Å². The molecule has 2 unspecified atom stereocenters. The highest BCUT2D eigenvalue weighted by Crippen LogP contribution is 2.32. The van der Waals surface area contributed by atoms with Crippen molar-refractivity contribution in [3.8, 4) is 11.8 Å². The number of nitrogens with two attached hydrogens (primary N) is 1. The lowest BCUT2D eigenvalue weighted by Crippen LogP contribution is -2.44. The zero-order chi connectivity index (χ0) is 32.6. The molecule has 5 rings (SSSR count). The van der Waals surface area contributed by atoms with Gasteiger partial charge < -0.3 is 25.5 Å². The Labute approximate surface area is 275 Å². The van der Waals surface area contributed by atoms with Crippen molar-refractivity contribution in [2.75, 3.05) is 59.5 Å². The SMILES string of the molecule is C=S(N1CCC(N)CC1)N1CCC(CN2CCC(OCC#Cc3cccc4c3n(C)c(=O)n4C(C=O)CCC(=O)NC)CC2)CC1. The van der Waals surface area contributed by atoms with Gasteiger partial charge in [-0.2, -0.15) is 0 Å². The molecule has 2 aromatic rings. The second kappa shape index (κ2) is 16.4. The van der Waals surface area contributed by atoms with Crippen molar-refractivity contribution in [1.29, 1.82) is 0 Å². The summed E-state index contributed by atoms with van der Waals surface area (Å²) in [7, 11) is 3.20. The van der Waals surface area contributed by atoms with Gasteiger partial charge in [0.15, 0.2) is 0 Å². The highest BCUT2D eigenvalue weighted by molar-refractivity contribution is 8.09. The van der Waals surface area contributed by atoms with Crippen LogP contribution in [-0.4, -0.2) is 112 Å². The third-order valence-corrected chi connectivity index (χ3v) is 11.8. The minimum atomic E-state index is -0.732. The first-order chi connectivity index (χ1) is 22.3. The van der Waals surface area contributed by atoms with Crippen molar-refractivity contribution in [2.45, 2.75) is 69.6 Å². The summed E-state index contributed by atoms with van der Waals surface area (Å²) in [6, 6.07) is 5.16. The Hall–Kier alpha value is -2.79. The zero-order valence-corrected chi connectivity index (χ0v) is 28.3. The molecule has 12 heteroatoms. The van der Waals surface area contributed by atoms with Gasteiger partial charge in [0.1, 0.15) is 12.9 Å². The number of likely N-dealkylation sites (tertiary alicyclic amines) is 1. The number of aldehydes is 1. The number of carbonyl (C=O) groups excluding carboxylic acids is 2. The summed E-state index contributed by atoms with van der Waals surface area (Å²) < 4.78 is 14.3. The molecule has 0 aliphatic carbocycles. The Kier molecular flexibility index (Phi) is 12.3. The fraction of sp³-hybridized carbons (Fsp3) is 0.647. The second-order valence-corrected chi connectivity index (χ2v) is 14.6. The van der Waals surface area contributed by atoms with Crippen LogP contribution in [0, 0.1) is 17.8 Å². The molecule has 3 N–H and O–H groups in total. The molecule has 0 radical (unpaired) electrons. The minimum absolute atomic E-state index is 0.0357. The predicted octanol–water partition coefficient (Wildman–Crippen LogP) is 2.10. The number of ether oxygens (including phenoxy) is 1. The van der Waals surface area contributed by atoms with Gasteiger partial charge in [-0.1, -0.05) is 28.8 Å². The first kappa shape index (κ1) is 34.5. The van der Waals surface area contributed by atoms with E-state index in [0.717, 1.165) is 77.2 Å². The standard InChI is InChI=1S/C34H51N7O4S/c1-36-32(43)10-9-29(25-42)41-31-8-4-6-27(33(31)37(2)34(41)44)7-5-23-45-30-15-17-38(18-16-30)24-26-11-19-39(20-12-26)46(3)40-21-13-28(35)14-22-40/h4,6,8,25-26,28-30H,3,9-24,35H2,1-2H3,(H,36,43). The van der Waals surface area contributed by atoms with Gasteiger partial charge in [-0.25, -0.2) is 13.4 Å². The van der Waals surface area contributed by atoms with Crippen LogP contribution in [0.25, 0.3) is 11.0 Å². The molecule has 252 valence electrons. The van der Waals surface area contributed by atoms with Crippen LogP contribution in [0.3, 0.4) is 0 Å². The maximum Gasteiger partial charge on any atom is 0.329 e. The summed E-state index contributed by atoms with van der Waals surface area (Å²) in [4.78, 5) is 39.4. The van der Waals surface area contributed by atoms with Crippen molar-refractivity contribution in [1.82, 2.24) is 28.0 Å². The quantitative estimate of drug-likeness (QED) is 0.215. The van der Waals surface area contributed by atoms with E-state index in [1.807, 2.05) is 18.2 Å². The van der Waals surface area contributed by atoms with Crippen LogP contribution < -0.4 is 16.7 Å². The summed E-state index contributed by atoms with van der Waals surface area (Å²) in [6.45, 7) is 8.04. The van der Waals surface area contributed by atoms with Gasteiger partial charge in [-0.05, 0) is 68.9 Å². The van der Waals surface area contributed by atoms with Crippen LogP contribution in [0.2, 0.25) is 0 Å². The highest BCUT2D eigenvalue weighted by atomic mass is 32.2. The second-order valence-electron chi connectivity index (χ2n) is 12.9. The van der Waals surface area contributed by atoms with E-state index in [1.165, 1.54) is 28.5 Å². The van der Waals surface area contributed by atoms with Crippen molar-refractivity contribution in [3.05, 3.63) is 34.2 Å². The van der Waals surface area contributed by atoms with Crippen molar-refractivity contribution >= 4 is 40.0 Å².